The molecule has 2 aromatic rings. The molecule has 1 aromatic carbocycles. The summed E-state index contributed by atoms with van der Waals surface area (Å²) in [5.74, 6) is 0.390. The predicted molar refractivity (Wildman–Crippen MR) is 92.9 cm³/mol. The van der Waals surface area contributed by atoms with Crippen molar-refractivity contribution in [1.29, 1.82) is 0 Å². The highest BCUT2D eigenvalue weighted by Crippen LogP contribution is 2.25. The minimum absolute atomic E-state index is 0.123. The second-order valence-electron chi connectivity index (χ2n) is 6.16. The molecule has 1 fully saturated rings. The summed E-state index contributed by atoms with van der Waals surface area (Å²) < 4.78 is 5.51. The monoisotopic (exact) mass is 330 g/mol. The smallest absolute Gasteiger partial charge is 0.270 e. The van der Waals surface area contributed by atoms with Gasteiger partial charge >= 0.3 is 0 Å². The molecule has 122 valence electrons. The zero-order valence-electron chi connectivity index (χ0n) is 13.5. The molecule has 0 aliphatic carbocycles. The molecule has 1 saturated heterocycles. The van der Waals surface area contributed by atoms with Crippen molar-refractivity contribution in [2.75, 3.05) is 13.2 Å². The van der Waals surface area contributed by atoms with Crippen LogP contribution in [0.1, 0.15) is 48.7 Å². The van der Waals surface area contributed by atoms with Gasteiger partial charge in [-0.3, -0.25) is 4.79 Å². The van der Waals surface area contributed by atoms with Gasteiger partial charge in [-0.05, 0) is 24.3 Å². The third-order valence-electron chi connectivity index (χ3n) is 4.08. The quantitative estimate of drug-likeness (QED) is 0.906. The first kappa shape index (κ1) is 16.1. The maximum absolute atomic E-state index is 12.2. The number of rotatable bonds is 5. The number of ether oxygens (including phenoxy) is 1. The van der Waals surface area contributed by atoms with Gasteiger partial charge in [-0.25, -0.2) is 4.98 Å². The van der Waals surface area contributed by atoms with Gasteiger partial charge in [0, 0.05) is 24.1 Å². The number of carbonyl (C=O) groups excluding carboxylic acids is 1. The Hall–Kier alpha value is -1.72. The van der Waals surface area contributed by atoms with Gasteiger partial charge in [-0.15, -0.1) is 11.3 Å². The first-order valence-electron chi connectivity index (χ1n) is 8.09. The number of benzene rings is 1. The van der Waals surface area contributed by atoms with Crippen LogP contribution in [0.5, 0.6) is 0 Å². The lowest BCUT2D eigenvalue weighted by Gasteiger charge is -2.09. The van der Waals surface area contributed by atoms with Crippen molar-refractivity contribution in [2.24, 2.45) is 0 Å². The molecule has 0 spiro atoms. The maximum Gasteiger partial charge on any atom is 0.270 e. The summed E-state index contributed by atoms with van der Waals surface area (Å²) in [6.45, 7) is 5.71. The van der Waals surface area contributed by atoms with Gasteiger partial charge in [-0.2, -0.15) is 0 Å². The van der Waals surface area contributed by atoms with E-state index in [-0.39, 0.29) is 12.0 Å². The van der Waals surface area contributed by atoms with Crippen LogP contribution in [-0.4, -0.2) is 30.1 Å². The van der Waals surface area contributed by atoms with Crippen LogP contribution in [0.3, 0.4) is 0 Å². The lowest BCUT2D eigenvalue weighted by atomic mass is 10.0. The number of amides is 1. The van der Waals surface area contributed by atoms with Gasteiger partial charge < -0.3 is 10.1 Å². The van der Waals surface area contributed by atoms with E-state index in [1.807, 2.05) is 5.38 Å². The molecule has 1 aliphatic heterocycles. The van der Waals surface area contributed by atoms with Gasteiger partial charge in [0.05, 0.1) is 6.10 Å². The second-order valence-corrected chi connectivity index (χ2v) is 7.02. The molecule has 1 aliphatic rings. The van der Waals surface area contributed by atoms with E-state index in [4.69, 9.17) is 4.74 Å². The summed E-state index contributed by atoms with van der Waals surface area (Å²) in [6.07, 6.45) is 2.25. The Kier molecular flexibility index (Phi) is 5.08. The Morgan fingerprint density at radius 1 is 1.39 bits per heavy atom. The Balaban J connectivity index is 1.63. The van der Waals surface area contributed by atoms with Crippen LogP contribution in [0, 0.1) is 0 Å². The molecule has 1 N–H and O–H groups in total. The zero-order chi connectivity index (χ0) is 16.2. The van der Waals surface area contributed by atoms with Gasteiger partial charge in [-0.1, -0.05) is 38.1 Å². The Morgan fingerprint density at radius 2 is 2.17 bits per heavy atom. The Bertz CT molecular complexity index is 658. The average Bonchev–Trinajstić information content (AvgIpc) is 3.24. The first-order chi connectivity index (χ1) is 11.1. The van der Waals surface area contributed by atoms with Crippen LogP contribution in [0.2, 0.25) is 0 Å². The van der Waals surface area contributed by atoms with Gasteiger partial charge in [0.1, 0.15) is 10.7 Å². The van der Waals surface area contributed by atoms with E-state index in [1.165, 1.54) is 16.9 Å². The van der Waals surface area contributed by atoms with E-state index >= 15 is 0 Å². The van der Waals surface area contributed by atoms with Crippen molar-refractivity contribution in [3.63, 3.8) is 0 Å². The fraction of sp³-hybridized carbons (Fsp3) is 0.444. The van der Waals surface area contributed by atoms with E-state index in [2.05, 4.69) is 48.4 Å². The number of hydrogen-bond acceptors (Lipinski definition) is 4. The predicted octanol–water partition coefficient (Wildman–Crippen LogP) is 3.84. The molecule has 0 bridgehead atoms. The maximum atomic E-state index is 12.2. The normalized spacial score (nSPS) is 17.6. The third-order valence-corrected chi connectivity index (χ3v) is 4.97. The fourth-order valence-corrected chi connectivity index (χ4v) is 3.43. The topological polar surface area (TPSA) is 51.2 Å². The Morgan fingerprint density at radius 3 is 2.83 bits per heavy atom. The van der Waals surface area contributed by atoms with Crippen molar-refractivity contribution in [2.45, 2.75) is 38.7 Å². The SMILES string of the molecule is CC(C)c1ccc(-c2nc(C(=O)NC[C@H]3CCCO3)cs2)cc1. The summed E-state index contributed by atoms with van der Waals surface area (Å²) >= 11 is 1.50. The highest BCUT2D eigenvalue weighted by atomic mass is 32.1. The van der Waals surface area contributed by atoms with Crippen molar-refractivity contribution in [1.82, 2.24) is 10.3 Å². The minimum atomic E-state index is -0.123. The molecule has 0 saturated carbocycles. The molecule has 1 atom stereocenters. The standard InChI is InChI=1S/C18H22N2O2S/c1-12(2)13-5-7-14(8-6-13)18-20-16(11-23-18)17(21)19-10-15-4-3-9-22-15/h5-8,11-12,15H,3-4,9-10H2,1-2H3,(H,19,21)/t15-/m1/s1. The number of nitrogens with zero attached hydrogens (tertiary/aromatic N) is 1. The molecular formula is C18H22N2O2S. The summed E-state index contributed by atoms with van der Waals surface area (Å²) in [5.41, 5.74) is 2.84. The molecule has 1 aromatic heterocycles. The van der Waals surface area contributed by atoms with Crippen LogP contribution in [0.4, 0.5) is 0 Å². The molecule has 0 radical (unpaired) electrons. The van der Waals surface area contributed by atoms with Crippen molar-refractivity contribution < 1.29 is 9.53 Å². The molecule has 23 heavy (non-hydrogen) atoms. The summed E-state index contributed by atoms with van der Waals surface area (Å²) in [4.78, 5) is 16.6. The van der Waals surface area contributed by atoms with Gasteiger partial charge in [0.15, 0.2) is 0 Å². The molecule has 5 heteroatoms. The van der Waals surface area contributed by atoms with Crippen LogP contribution in [0.25, 0.3) is 10.6 Å². The summed E-state index contributed by atoms with van der Waals surface area (Å²) in [6, 6.07) is 8.39. The van der Waals surface area contributed by atoms with E-state index < -0.39 is 0 Å². The molecule has 1 amide bonds. The third kappa shape index (κ3) is 3.98. The summed E-state index contributed by atoms with van der Waals surface area (Å²) in [7, 11) is 0. The second kappa shape index (κ2) is 7.23. The highest BCUT2D eigenvalue weighted by molar-refractivity contribution is 7.13. The number of aromatic nitrogens is 1. The molecule has 4 nitrogen and oxygen atoms in total. The number of nitrogens with one attached hydrogen (secondary N) is 1. The number of carbonyl (C=O) groups is 1. The minimum Gasteiger partial charge on any atom is -0.376 e. The van der Waals surface area contributed by atoms with E-state index in [1.54, 1.807) is 0 Å². The van der Waals surface area contributed by atoms with Crippen LogP contribution >= 0.6 is 11.3 Å². The van der Waals surface area contributed by atoms with Crippen LogP contribution in [-0.2, 0) is 4.74 Å². The van der Waals surface area contributed by atoms with E-state index in [0.717, 1.165) is 30.0 Å². The van der Waals surface area contributed by atoms with E-state index in [0.29, 0.717) is 18.2 Å². The molecule has 0 unspecified atom stereocenters. The zero-order valence-corrected chi connectivity index (χ0v) is 14.4. The van der Waals surface area contributed by atoms with Gasteiger partial charge in [0.2, 0.25) is 0 Å². The molecule has 3 rings (SSSR count). The molecular weight excluding hydrogens is 308 g/mol. The highest BCUT2D eigenvalue weighted by Gasteiger charge is 2.18. The lowest BCUT2D eigenvalue weighted by Crippen LogP contribution is -2.31. The van der Waals surface area contributed by atoms with Crippen molar-refractivity contribution in [3.05, 3.63) is 40.9 Å². The first-order valence-corrected chi connectivity index (χ1v) is 8.97. The largest absolute Gasteiger partial charge is 0.376 e. The molecule has 2 heterocycles. The van der Waals surface area contributed by atoms with Crippen molar-refractivity contribution >= 4 is 17.2 Å². The average molecular weight is 330 g/mol. The number of hydrogen-bond donors (Lipinski definition) is 1. The van der Waals surface area contributed by atoms with Gasteiger partial charge in [0.25, 0.3) is 5.91 Å². The van der Waals surface area contributed by atoms with Crippen molar-refractivity contribution in [3.8, 4) is 10.6 Å². The lowest BCUT2D eigenvalue weighted by molar-refractivity contribution is 0.0854. The van der Waals surface area contributed by atoms with E-state index in [9.17, 15) is 4.79 Å². The number of thiazole rings is 1. The fourth-order valence-electron chi connectivity index (χ4n) is 2.62. The van der Waals surface area contributed by atoms with Crippen LogP contribution < -0.4 is 5.32 Å². The summed E-state index contributed by atoms with van der Waals surface area (Å²) in [5, 5.41) is 5.60. The Labute approximate surface area is 140 Å². The van der Waals surface area contributed by atoms with Crippen LogP contribution in [0.15, 0.2) is 29.6 Å².